The van der Waals surface area contributed by atoms with E-state index in [1.165, 1.54) is 94.8 Å². The van der Waals surface area contributed by atoms with E-state index in [1.54, 1.807) is 36.4 Å². The minimum absolute atomic E-state index is 0.0275. The van der Waals surface area contributed by atoms with E-state index < -0.39 is 46.9 Å². The largest absolute Gasteiger partial charge is 0.478 e. The number of pyridine rings is 2. The fourth-order valence-electron chi connectivity index (χ4n) is 6.50. The highest BCUT2D eigenvalue weighted by atomic mass is 19.4. The molecule has 0 atom stereocenters. The molecule has 2 amide bonds. The number of carbonyl (C=O) groups excluding carboxylic acids is 2. The summed E-state index contributed by atoms with van der Waals surface area (Å²) in [5, 5.41) is 23.6. The number of fused-ring (bicyclic) bond motifs is 2. The Hall–Kier alpha value is -8.94. The zero-order valence-electron chi connectivity index (χ0n) is 34.6. The topological polar surface area (TPSA) is 228 Å². The first-order valence-electron chi connectivity index (χ1n) is 19.8. The SMILES string of the molecule is O=C(O)c1ccc(Cn2cnc3cnc(C(=O)NCc4ccc(C(F)(F)F)cc4)cc3c2=O)cc1.O=C(O)c1ccc(Cn2cnc3cnc(C(=O)NCc4cccc(F)c4)cc3c2=O)cc1. The second-order valence-electron chi connectivity index (χ2n) is 14.7. The van der Waals surface area contributed by atoms with Crippen LogP contribution in [0.2, 0.25) is 0 Å². The van der Waals surface area contributed by atoms with Gasteiger partial charge in [0, 0.05) is 13.1 Å². The van der Waals surface area contributed by atoms with Gasteiger partial charge in [0.2, 0.25) is 0 Å². The average Bonchev–Trinajstić information content (AvgIpc) is 3.32. The predicted molar refractivity (Wildman–Crippen MR) is 233 cm³/mol. The van der Waals surface area contributed by atoms with E-state index in [1.807, 2.05) is 0 Å². The van der Waals surface area contributed by atoms with Crippen LogP contribution in [0.5, 0.6) is 0 Å². The second kappa shape index (κ2) is 19.8. The molecule has 0 aliphatic heterocycles. The summed E-state index contributed by atoms with van der Waals surface area (Å²) < 4.78 is 54.0. The molecule has 0 saturated carbocycles. The zero-order valence-corrected chi connectivity index (χ0v) is 34.6. The van der Waals surface area contributed by atoms with Crippen molar-refractivity contribution in [2.45, 2.75) is 32.4 Å². The molecule has 4 heterocycles. The van der Waals surface area contributed by atoms with Crippen LogP contribution in [0.4, 0.5) is 17.6 Å². The number of aromatic nitrogens is 6. The Morgan fingerprint density at radius 3 is 1.40 bits per heavy atom. The van der Waals surface area contributed by atoms with Crippen molar-refractivity contribution in [2.24, 2.45) is 0 Å². The van der Waals surface area contributed by atoms with Crippen LogP contribution in [0.3, 0.4) is 0 Å². The molecule has 0 fully saturated rings. The molecule has 4 N–H and O–H groups in total. The van der Waals surface area contributed by atoms with Crippen molar-refractivity contribution < 1.29 is 47.0 Å². The number of carboxylic acids is 2. The molecule has 0 bridgehead atoms. The van der Waals surface area contributed by atoms with Gasteiger partial charge in [-0.1, -0.05) is 48.5 Å². The molecule has 67 heavy (non-hydrogen) atoms. The smallest absolute Gasteiger partial charge is 0.416 e. The number of amides is 2. The third-order valence-corrected chi connectivity index (χ3v) is 10.1. The Morgan fingerprint density at radius 1 is 0.552 bits per heavy atom. The van der Waals surface area contributed by atoms with E-state index in [9.17, 15) is 46.3 Å². The number of nitrogens with one attached hydrogen (secondary N) is 2. The quantitative estimate of drug-likeness (QED) is 0.102. The highest BCUT2D eigenvalue weighted by Crippen LogP contribution is 2.29. The number of nitrogens with zero attached hydrogens (tertiary/aromatic N) is 6. The highest BCUT2D eigenvalue weighted by molar-refractivity contribution is 5.96. The van der Waals surface area contributed by atoms with Crippen molar-refractivity contribution in [3.8, 4) is 0 Å². The molecule has 0 unspecified atom stereocenters. The number of halogens is 4. The summed E-state index contributed by atoms with van der Waals surface area (Å²) in [4.78, 5) is 89.4. The van der Waals surface area contributed by atoms with Crippen LogP contribution in [0.15, 0.2) is 144 Å². The van der Waals surface area contributed by atoms with Gasteiger partial charge < -0.3 is 20.8 Å². The first-order valence-corrected chi connectivity index (χ1v) is 19.8. The molecular formula is C47H34F4N8O8. The van der Waals surface area contributed by atoms with Crippen molar-refractivity contribution in [1.29, 1.82) is 0 Å². The summed E-state index contributed by atoms with van der Waals surface area (Å²) in [6.45, 7) is 0.408. The van der Waals surface area contributed by atoms with Gasteiger partial charge in [-0.3, -0.25) is 28.3 Å². The van der Waals surface area contributed by atoms with E-state index in [4.69, 9.17) is 10.2 Å². The molecule has 16 nitrogen and oxygen atoms in total. The molecule has 0 aliphatic carbocycles. The van der Waals surface area contributed by atoms with Crippen LogP contribution < -0.4 is 21.8 Å². The molecule has 0 spiro atoms. The van der Waals surface area contributed by atoms with Crippen LogP contribution in [0, 0.1) is 5.82 Å². The van der Waals surface area contributed by atoms with E-state index in [0.717, 1.165) is 17.7 Å². The number of alkyl halides is 3. The van der Waals surface area contributed by atoms with E-state index in [2.05, 4.69) is 30.6 Å². The van der Waals surface area contributed by atoms with Crippen molar-refractivity contribution >= 4 is 45.6 Å². The van der Waals surface area contributed by atoms with Gasteiger partial charge in [0.15, 0.2) is 0 Å². The van der Waals surface area contributed by atoms with Gasteiger partial charge in [-0.25, -0.2) is 33.9 Å². The monoisotopic (exact) mass is 914 g/mol. The number of hydrogen-bond donors (Lipinski definition) is 4. The van der Waals surface area contributed by atoms with Gasteiger partial charge in [-0.2, -0.15) is 13.2 Å². The second-order valence-corrected chi connectivity index (χ2v) is 14.7. The van der Waals surface area contributed by atoms with Gasteiger partial charge in [0.1, 0.15) is 17.2 Å². The summed E-state index contributed by atoms with van der Waals surface area (Å²) in [6, 6.07) is 25.1. The summed E-state index contributed by atoms with van der Waals surface area (Å²) in [5.41, 5.74) is 1.78. The van der Waals surface area contributed by atoms with Gasteiger partial charge in [-0.05, 0) is 82.9 Å². The van der Waals surface area contributed by atoms with E-state index in [0.29, 0.717) is 22.2 Å². The van der Waals surface area contributed by atoms with E-state index >= 15 is 0 Å². The van der Waals surface area contributed by atoms with Crippen LogP contribution in [-0.2, 0) is 32.4 Å². The first kappa shape index (κ1) is 46.1. The molecular weight excluding hydrogens is 881 g/mol. The van der Waals surface area contributed by atoms with Crippen LogP contribution in [0.25, 0.3) is 21.8 Å². The lowest BCUT2D eigenvalue weighted by Gasteiger charge is -2.09. The van der Waals surface area contributed by atoms with Gasteiger partial charge in [0.05, 0.1) is 76.6 Å². The highest BCUT2D eigenvalue weighted by Gasteiger charge is 2.30. The molecule has 338 valence electrons. The van der Waals surface area contributed by atoms with Crippen molar-refractivity contribution in [3.63, 3.8) is 0 Å². The molecule has 0 radical (unpaired) electrons. The number of hydrogen-bond acceptors (Lipinski definition) is 10. The number of rotatable bonds is 12. The van der Waals surface area contributed by atoms with Gasteiger partial charge >= 0.3 is 18.1 Å². The van der Waals surface area contributed by atoms with Gasteiger partial charge in [0.25, 0.3) is 22.9 Å². The molecule has 8 aromatic rings. The third-order valence-electron chi connectivity index (χ3n) is 10.1. The fourth-order valence-corrected chi connectivity index (χ4v) is 6.50. The Labute approximate surface area is 374 Å². The summed E-state index contributed by atoms with van der Waals surface area (Å²) in [5.74, 6) is -3.60. The minimum atomic E-state index is -4.44. The van der Waals surface area contributed by atoms with Crippen molar-refractivity contribution in [3.05, 3.63) is 211 Å². The molecule has 0 aliphatic rings. The fraction of sp³-hybridized carbons (Fsp3) is 0.106. The lowest BCUT2D eigenvalue weighted by Crippen LogP contribution is -2.25. The zero-order chi connectivity index (χ0) is 47.8. The predicted octanol–water partition coefficient (Wildman–Crippen LogP) is 6.09. The molecule has 0 saturated heterocycles. The normalized spacial score (nSPS) is 11.1. The molecule has 4 aromatic heterocycles. The molecule has 20 heteroatoms. The molecule has 8 rings (SSSR count). The first-order chi connectivity index (χ1) is 32.0. The van der Waals surface area contributed by atoms with Crippen LogP contribution in [0.1, 0.15) is 69.5 Å². The van der Waals surface area contributed by atoms with Crippen LogP contribution in [-0.4, -0.2) is 63.0 Å². The Kier molecular flexibility index (Phi) is 13.6. The summed E-state index contributed by atoms with van der Waals surface area (Å²) in [6.07, 6.45) is 0.901. The van der Waals surface area contributed by atoms with Gasteiger partial charge in [-0.15, -0.1) is 0 Å². The standard InChI is InChI=1S/C24H17F3N4O4.C23H17FN4O4/c25-24(26,27)17-7-3-14(4-8-17)10-29-21(32)19-9-18-20(11-28-19)30-13-31(22(18)33)12-15-1-5-16(6-2-15)23(34)35;24-17-3-1-2-15(8-17)10-26-21(29)19-9-18-20(11-25-19)27-13-28(22(18)30)12-14-4-6-16(7-5-14)23(31)32/h1-9,11,13H,10,12H2,(H,29,32)(H,34,35);1-9,11,13H,10,12H2,(H,26,29)(H,31,32). The maximum Gasteiger partial charge on any atom is 0.416 e. The Bertz CT molecular complexity index is 3290. The Morgan fingerprint density at radius 2 is 0.985 bits per heavy atom. The maximum atomic E-state index is 13.3. The summed E-state index contributed by atoms with van der Waals surface area (Å²) in [7, 11) is 0. The summed E-state index contributed by atoms with van der Waals surface area (Å²) >= 11 is 0. The number of carbonyl (C=O) groups is 4. The maximum absolute atomic E-state index is 13.3. The number of aromatic carboxylic acids is 2. The minimum Gasteiger partial charge on any atom is -0.478 e. The van der Waals surface area contributed by atoms with Crippen LogP contribution >= 0.6 is 0 Å². The Balaban J connectivity index is 0.000000200. The molecule has 4 aromatic carbocycles. The van der Waals surface area contributed by atoms with Crippen molar-refractivity contribution in [2.75, 3.05) is 0 Å². The van der Waals surface area contributed by atoms with E-state index in [-0.39, 0.29) is 70.5 Å². The lowest BCUT2D eigenvalue weighted by atomic mass is 10.1. The number of benzene rings is 4. The average molecular weight is 915 g/mol. The third kappa shape index (κ3) is 11.4. The lowest BCUT2D eigenvalue weighted by molar-refractivity contribution is -0.137. The van der Waals surface area contributed by atoms with Crippen molar-refractivity contribution in [1.82, 2.24) is 39.7 Å². The number of carboxylic acid groups (broad SMARTS) is 2.